The summed E-state index contributed by atoms with van der Waals surface area (Å²) in [4.78, 5) is 12.6. The fourth-order valence-electron chi connectivity index (χ4n) is 2.64. The highest BCUT2D eigenvalue weighted by Gasteiger charge is 2.29. The van der Waals surface area contributed by atoms with E-state index in [1.807, 2.05) is 0 Å². The Morgan fingerprint density at radius 1 is 0.852 bits per heavy atom. The third-order valence-corrected chi connectivity index (χ3v) is 4.73. The first-order valence-corrected chi connectivity index (χ1v) is 8.75. The number of carbonyl (C=O) groups is 1. The van der Waals surface area contributed by atoms with Crippen molar-refractivity contribution in [1.29, 1.82) is 0 Å². The van der Waals surface area contributed by atoms with Crippen LogP contribution in [0.25, 0.3) is 11.1 Å². The van der Waals surface area contributed by atoms with E-state index >= 15 is 0 Å². The Kier molecular flexibility index (Phi) is 5.37. The molecule has 3 rings (SSSR count). The van der Waals surface area contributed by atoms with Crippen molar-refractivity contribution in [2.75, 3.05) is 7.11 Å². The highest BCUT2D eigenvalue weighted by Crippen LogP contribution is 2.31. The van der Waals surface area contributed by atoms with Crippen molar-refractivity contribution < 1.29 is 22.7 Å². The molecule has 0 aliphatic carbocycles. The summed E-state index contributed by atoms with van der Waals surface area (Å²) >= 11 is 3.35. The minimum absolute atomic E-state index is 0.155. The molecule has 0 saturated carbocycles. The molecule has 0 bridgehead atoms. The average molecular weight is 435 g/mol. The fraction of sp³-hybridized carbons (Fsp3) is 0.0952. The Bertz CT molecular complexity index is 962. The SMILES string of the molecule is COc1ccc(C(=O)c2ccc(-c3ccc(C(F)(F)F)cc3)cc2)cc1Br. The van der Waals surface area contributed by atoms with E-state index in [-0.39, 0.29) is 5.78 Å². The molecule has 0 unspecified atom stereocenters. The molecule has 0 amide bonds. The molecule has 0 aliphatic heterocycles. The number of ether oxygens (including phenoxy) is 1. The molecule has 3 aromatic carbocycles. The van der Waals surface area contributed by atoms with Crippen LogP contribution in [0.3, 0.4) is 0 Å². The number of methoxy groups -OCH3 is 1. The van der Waals surface area contributed by atoms with E-state index in [1.54, 1.807) is 49.6 Å². The molecule has 27 heavy (non-hydrogen) atoms. The lowest BCUT2D eigenvalue weighted by Gasteiger charge is -2.09. The van der Waals surface area contributed by atoms with Gasteiger partial charge in [-0.3, -0.25) is 4.79 Å². The Hall–Kier alpha value is -2.60. The quantitative estimate of drug-likeness (QED) is 0.445. The predicted octanol–water partition coefficient (Wildman–Crippen LogP) is 6.37. The van der Waals surface area contributed by atoms with Crippen LogP contribution >= 0.6 is 15.9 Å². The number of ketones is 1. The van der Waals surface area contributed by atoms with Gasteiger partial charge in [-0.25, -0.2) is 0 Å². The lowest BCUT2D eigenvalue weighted by atomic mass is 9.99. The van der Waals surface area contributed by atoms with Crippen LogP contribution in [0, 0.1) is 0 Å². The zero-order chi connectivity index (χ0) is 19.6. The summed E-state index contributed by atoms with van der Waals surface area (Å²) < 4.78 is 43.8. The van der Waals surface area contributed by atoms with Crippen molar-refractivity contribution in [3.8, 4) is 16.9 Å². The van der Waals surface area contributed by atoms with Gasteiger partial charge in [0.05, 0.1) is 17.1 Å². The predicted molar refractivity (Wildman–Crippen MR) is 101 cm³/mol. The molecule has 0 N–H and O–H groups in total. The average Bonchev–Trinajstić information content (AvgIpc) is 2.67. The number of alkyl halides is 3. The zero-order valence-corrected chi connectivity index (χ0v) is 15.8. The molecule has 2 nitrogen and oxygen atoms in total. The minimum Gasteiger partial charge on any atom is -0.496 e. The molecule has 0 aromatic heterocycles. The first kappa shape index (κ1) is 19.2. The first-order valence-electron chi connectivity index (χ1n) is 7.95. The van der Waals surface area contributed by atoms with E-state index in [9.17, 15) is 18.0 Å². The monoisotopic (exact) mass is 434 g/mol. The molecular weight excluding hydrogens is 421 g/mol. The molecule has 0 saturated heterocycles. The standard InChI is InChI=1S/C21H14BrF3O2/c1-27-19-11-8-16(12-18(19)22)20(26)15-4-2-13(3-5-15)14-6-9-17(10-7-14)21(23,24)25/h2-12H,1H3. The van der Waals surface area contributed by atoms with Gasteiger partial charge in [0.2, 0.25) is 0 Å². The number of halogens is 4. The van der Waals surface area contributed by atoms with Crippen molar-refractivity contribution in [2.24, 2.45) is 0 Å². The fourth-order valence-corrected chi connectivity index (χ4v) is 3.18. The van der Waals surface area contributed by atoms with Crippen molar-refractivity contribution in [1.82, 2.24) is 0 Å². The van der Waals surface area contributed by atoms with Crippen molar-refractivity contribution in [3.63, 3.8) is 0 Å². The van der Waals surface area contributed by atoms with E-state index < -0.39 is 11.7 Å². The normalized spacial score (nSPS) is 11.3. The summed E-state index contributed by atoms with van der Waals surface area (Å²) in [5, 5.41) is 0. The van der Waals surface area contributed by atoms with Crippen molar-refractivity contribution in [2.45, 2.75) is 6.18 Å². The maximum atomic E-state index is 12.7. The van der Waals surface area contributed by atoms with Crippen LogP contribution < -0.4 is 4.74 Å². The van der Waals surface area contributed by atoms with Gasteiger partial charge in [-0.1, -0.05) is 36.4 Å². The second-order valence-electron chi connectivity index (χ2n) is 5.83. The van der Waals surface area contributed by atoms with Crippen LogP contribution in [-0.4, -0.2) is 12.9 Å². The lowest BCUT2D eigenvalue weighted by Crippen LogP contribution is -2.04. The number of hydrogen-bond acceptors (Lipinski definition) is 2. The van der Waals surface area contributed by atoms with Gasteiger partial charge in [-0.2, -0.15) is 13.2 Å². The Morgan fingerprint density at radius 3 is 1.85 bits per heavy atom. The molecule has 138 valence electrons. The first-order chi connectivity index (χ1) is 12.8. The lowest BCUT2D eigenvalue weighted by molar-refractivity contribution is -0.137. The van der Waals surface area contributed by atoms with Gasteiger partial charge in [0.15, 0.2) is 5.78 Å². The minimum atomic E-state index is -4.36. The maximum absolute atomic E-state index is 12.7. The van der Waals surface area contributed by atoms with E-state index in [2.05, 4.69) is 15.9 Å². The Morgan fingerprint density at radius 2 is 1.37 bits per heavy atom. The van der Waals surface area contributed by atoms with Gasteiger partial charge in [-0.05, 0) is 57.4 Å². The van der Waals surface area contributed by atoms with Gasteiger partial charge >= 0.3 is 6.18 Å². The summed E-state index contributed by atoms with van der Waals surface area (Å²) in [7, 11) is 1.54. The van der Waals surface area contributed by atoms with Gasteiger partial charge in [0, 0.05) is 11.1 Å². The summed E-state index contributed by atoms with van der Waals surface area (Å²) in [5.74, 6) is 0.474. The third kappa shape index (κ3) is 4.22. The van der Waals surface area contributed by atoms with E-state index in [0.717, 1.165) is 17.7 Å². The van der Waals surface area contributed by atoms with E-state index in [1.165, 1.54) is 12.1 Å². The van der Waals surface area contributed by atoms with E-state index in [0.29, 0.717) is 26.9 Å². The van der Waals surface area contributed by atoms with Crippen LogP contribution in [0.2, 0.25) is 0 Å². The zero-order valence-electron chi connectivity index (χ0n) is 14.2. The Labute approximate surface area is 162 Å². The van der Waals surface area contributed by atoms with Crippen LogP contribution in [0.1, 0.15) is 21.5 Å². The molecular formula is C21H14BrF3O2. The molecule has 0 spiro atoms. The number of benzene rings is 3. The number of hydrogen-bond donors (Lipinski definition) is 0. The topological polar surface area (TPSA) is 26.3 Å². The van der Waals surface area contributed by atoms with Crippen LogP contribution in [0.4, 0.5) is 13.2 Å². The summed E-state index contributed by atoms with van der Waals surface area (Å²) in [5.41, 5.74) is 1.68. The largest absolute Gasteiger partial charge is 0.496 e. The molecule has 6 heteroatoms. The molecule has 3 aromatic rings. The summed E-state index contributed by atoms with van der Waals surface area (Å²) in [6, 6.07) is 16.7. The molecule has 0 heterocycles. The number of carbonyl (C=O) groups excluding carboxylic acids is 1. The molecule has 0 radical (unpaired) electrons. The second kappa shape index (κ2) is 7.56. The molecule has 0 atom stereocenters. The van der Waals surface area contributed by atoms with Gasteiger partial charge in [0.1, 0.15) is 5.75 Å². The highest BCUT2D eigenvalue weighted by atomic mass is 79.9. The van der Waals surface area contributed by atoms with Crippen molar-refractivity contribution >= 4 is 21.7 Å². The van der Waals surface area contributed by atoms with Crippen LogP contribution in [0.5, 0.6) is 5.75 Å². The summed E-state index contributed by atoms with van der Waals surface area (Å²) in [6.45, 7) is 0. The Balaban J connectivity index is 1.82. The summed E-state index contributed by atoms with van der Waals surface area (Å²) in [6.07, 6.45) is -4.36. The smallest absolute Gasteiger partial charge is 0.416 e. The molecule has 0 fully saturated rings. The second-order valence-corrected chi connectivity index (χ2v) is 6.69. The van der Waals surface area contributed by atoms with Crippen LogP contribution in [0.15, 0.2) is 71.2 Å². The van der Waals surface area contributed by atoms with Gasteiger partial charge < -0.3 is 4.74 Å². The van der Waals surface area contributed by atoms with E-state index in [4.69, 9.17) is 4.74 Å². The van der Waals surface area contributed by atoms with Gasteiger partial charge in [-0.15, -0.1) is 0 Å². The van der Waals surface area contributed by atoms with Crippen molar-refractivity contribution in [3.05, 3.63) is 87.9 Å². The highest BCUT2D eigenvalue weighted by molar-refractivity contribution is 9.10. The van der Waals surface area contributed by atoms with Gasteiger partial charge in [0.25, 0.3) is 0 Å². The third-order valence-electron chi connectivity index (χ3n) is 4.11. The van der Waals surface area contributed by atoms with Crippen LogP contribution in [-0.2, 0) is 6.18 Å². The maximum Gasteiger partial charge on any atom is 0.416 e. The molecule has 0 aliphatic rings. The number of rotatable bonds is 4.